The molecule has 0 radical (unpaired) electrons. The Kier molecular flexibility index (Phi) is 5.28. The van der Waals surface area contributed by atoms with E-state index in [9.17, 15) is 0 Å². The first-order chi connectivity index (χ1) is 12.5. The Hall–Kier alpha value is -1.08. The highest BCUT2D eigenvalue weighted by molar-refractivity contribution is 8.76. The zero-order valence-electron chi connectivity index (χ0n) is 14.8. The van der Waals surface area contributed by atoms with Crippen LogP contribution in [0.25, 0.3) is 0 Å². The molecule has 0 aliphatic carbocycles. The van der Waals surface area contributed by atoms with Crippen molar-refractivity contribution in [3.63, 3.8) is 0 Å². The third-order valence-electron chi connectivity index (χ3n) is 5.02. The molecule has 0 N–H and O–H groups in total. The lowest BCUT2D eigenvalue weighted by Crippen LogP contribution is -2.29. The molecule has 0 saturated carbocycles. The fraction of sp³-hybridized carbons (Fsp3) is 0.300. The molecule has 0 bridgehead atoms. The molecule has 0 aromatic heterocycles. The van der Waals surface area contributed by atoms with E-state index in [2.05, 4.69) is 60.3 Å². The van der Waals surface area contributed by atoms with Gasteiger partial charge in [0.2, 0.25) is 0 Å². The van der Waals surface area contributed by atoms with Crippen molar-refractivity contribution in [3.05, 3.63) is 47.5 Å². The van der Waals surface area contributed by atoms with Gasteiger partial charge in [0.15, 0.2) is 0 Å². The third kappa shape index (κ3) is 3.52. The summed E-state index contributed by atoms with van der Waals surface area (Å²) in [6.45, 7) is 0. The smallest absolute Gasteiger partial charge is 0.0824 e. The Bertz CT molecular complexity index is 820. The van der Waals surface area contributed by atoms with Gasteiger partial charge in [-0.15, -0.1) is 0 Å². The summed E-state index contributed by atoms with van der Waals surface area (Å²) in [4.78, 5) is 8.94. The van der Waals surface area contributed by atoms with Gasteiger partial charge in [0.1, 0.15) is 0 Å². The predicted molar refractivity (Wildman–Crippen MR) is 123 cm³/mol. The van der Waals surface area contributed by atoms with Crippen LogP contribution in [0.4, 0.5) is 11.4 Å². The molecule has 2 heterocycles. The Balaban J connectivity index is 1.48. The van der Waals surface area contributed by atoms with E-state index in [1.807, 2.05) is 21.6 Å². The van der Waals surface area contributed by atoms with E-state index >= 15 is 0 Å². The summed E-state index contributed by atoms with van der Waals surface area (Å²) in [7, 11) is 7.79. The molecular formula is C20H20N2S4. The molecule has 6 heteroatoms. The number of rotatable bonds is 3. The van der Waals surface area contributed by atoms with Crippen LogP contribution in [0.5, 0.6) is 0 Å². The summed E-state index contributed by atoms with van der Waals surface area (Å²) in [5, 5.41) is 0. The van der Waals surface area contributed by atoms with Crippen molar-refractivity contribution in [2.24, 2.45) is 0 Å². The quantitative estimate of drug-likeness (QED) is 0.450. The highest BCUT2D eigenvalue weighted by atomic mass is 33.1. The molecule has 26 heavy (non-hydrogen) atoms. The summed E-state index contributed by atoms with van der Waals surface area (Å²) < 4.78 is 0. The van der Waals surface area contributed by atoms with E-state index in [0.717, 1.165) is 35.7 Å². The van der Waals surface area contributed by atoms with Crippen LogP contribution < -0.4 is 9.80 Å². The van der Waals surface area contributed by atoms with Gasteiger partial charge in [-0.05, 0) is 60.4 Å². The molecule has 2 aliphatic rings. The minimum atomic E-state index is 0.973. The van der Waals surface area contributed by atoms with Crippen LogP contribution in [0, 0.1) is 0 Å². The number of anilines is 2. The molecule has 0 fully saturated rings. The minimum Gasteiger partial charge on any atom is -0.339 e. The van der Waals surface area contributed by atoms with Gasteiger partial charge in [-0.25, -0.2) is 0 Å². The van der Waals surface area contributed by atoms with Crippen molar-refractivity contribution in [2.45, 2.75) is 35.5 Å². The SMILES string of the molecule is CN1C(=S)CCc2cc(SSc3ccc4c(c3)CCC(=S)N4C)ccc21. The van der Waals surface area contributed by atoms with Gasteiger partial charge in [0, 0.05) is 48.1 Å². The van der Waals surface area contributed by atoms with E-state index in [0.29, 0.717) is 0 Å². The first-order valence-electron chi connectivity index (χ1n) is 8.66. The van der Waals surface area contributed by atoms with Crippen LogP contribution in [-0.2, 0) is 12.8 Å². The van der Waals surface area contributed by atoms with E-state index in [1.165, 1.54) is 32.3 Å². The van der Waals surface area contributed by atoms with Gasteiger partial charge in [0.05, 0.1) is 9.98 Å². The number of benzene rings is 2. The number of nitrogens with zero attached hydrogens (tertiary/aromatic N) is 2. The summed E-state index contributed by atoms with van der Waals surface area (Å²) >= 11 is 10.8. The molecule has 0 spiro atoms. The minimum absolute atomic E-state index is 0.973. The van der Waals surface area contributed by atoms with Gasteiger partial charge in [-0.1, -0.05) is 46.0 Å². The van der Waals surface area contributed by atoms with Crippen molar-refractivity contribution in [1.29, 1.82) is 0 Å². The summed E-state index contributed by atoms with van der Waals surface area (Å²) in [6.07, 6.45) is 4.03. The molecule has 0 unspecified atom stereocenters. The van der Waals surface area contributed by atoms with Crippen molar-refractivity contribution in [3.8, 4) is 0 Å². The van der Waals surface area contributed by atoms with Crippen LogP contribution in [0.1, 0.15) is 24.0 Å². The highest BCUT2D eigenvalue weighted by Gasteiger charge is 2.19. The second-order valence-electron chi connectivity index (χ2n) is 6.65. The van der Waals surface area contributed by atoms with Crippen molar-refractivity contribution >= 4 is 67.4 Å². The third-order valence-corrected chi connectivity index (χ3v) is 8.36. The maximum Gasteiger partial charge on any atom is 0.0824 e. The fourth-order valence-corrected chi connectivity index (χ4v) is 5.89. The molecule has 134 valence electrons. The van der Waals surface area contributed by atoms with Gasteiger partial charge < -0.3 is 9.80 Å². The van der Waals surface area contributed by atoms with E-state index in [4.69, 9.17) is 24.4 Å². The molecular weight excluding hydrogens is 397 g/mol. The maximum absolute atomic E-state index is 5.42. The summed E-state index contributed by atoms with van der Waals surface area (Å²) in [5.41, 5.74) is 5.30. The Morgan fingerprint density at radius 3 is 1.54 bits per heavy atom. The Morgan fingerprint density at radius 2 is 1.12 bits per heavy atom. The van der Waals surface area contributed by atoms with E-state index in [1.54, 1.807) is 0 Å². The van der Waals surface area contributed by atoms with Gasteiger partial charge in [0.25, 0.3) is 0 Å². The molecule has 2 aromatic rings. The standard InChI is InChI=1S/C20H20N2S4/c1-21-17-7-5-15(11-13(17)3-9-19(21)23)25-26-16-6-8-18-14(12-16)4-10-20(24)22(18)2/h5-8,11-12H,3-4,9-10H2,1-2H3. The Labute approximate surface area is 173 Å². The van der Waals surface area contributed by atoms with Crippen LogP contribution in [0.2, 0.25) is 0 Å². The average Bonchev–Trinajstić information content (AvgIpc) is 2.66. The zero-order chi connectivity index (χ0) is 18.3. The molecule has 0 atom stereocenters. The Morgan fingerprint density at radius 1 is 0.692 bits per heavy atom. The topological polar surface area (TPSA) is 6.48 Å². The number of hydrogen-bond acceptors (Lipinski definition) is 4. The maximum atomic E-state index is 5.42. The van der Waals surface area contributed by atoms with Crippen LogP contribution >= 0.6 is 46.0 Å². The highest BCUT2D eigenvalue weighted by Crippen LogP contribution is 2.41. The largest absolute Gasteiger partial charge is 0.339 e. The van der Waals surface area contributed by atoms with Crippen molar-refractivity contribution in [2.75, 3.05) is 23.9 Å². The van der Waals surface area contributed by atoms with Gasteiger partial charge >= 0.3 is 0 Å². The molecule has 2 nitrogen and oxygen atoms in total. The first kappa shape index (κ1) is 18.3. The fourth-order valence-electron chi connectivity index (χ4n) is 3.47. The van der Waals surface area contributed by atoms with Crippen molar-refractivity contribution in [1.82, 2.24) is 0 Å². The summed E-state index contributed by atoms with van der Waals surface area (Å²) in [5.74, 6) is 0. The number of aryl methyl sites for hydroxylation is 2. The number of hydrogen-bond donors (Lipinski definition) is 0. The lowest BCUT2D eigenvalue weighted by Gasteiger charge is -2.28. The second-order valence-corrected chi connectivity index (χ2v) is 9.87. The number of thiocarbonyl (C=S) groups is 2. The lowest BCUT2D eigenvalue weighted by molar-refractivity contribution is 0.969. The second kappa shape index (κ2) is 7.50. The normalized spacial score (nSPS) is 16.5. The van der Waals surface area contributed by atoms with Crippen LogP contribution in [-0.4, -0.2) is 24.1 Å². The lowest BCUT2D eigenvalue weighted by atomic mass is 10.0. The van der Waals surface area contributed by atoms with E-state index in [-0.39, 0.29) is 0 Å². The van der Waals surface area contributed by atoms with Gasteiger partial charge in [-0.3, -0.25) is 0 Å². The summed E-state index contributed by atoms with van der Waals surface area (Å²) in [6, 6.07) is 13.4. The average molecular weight is 417 g/mol. The zero-order valence-corrected chi connectivity index (χ0v) is 18.1. The number of fused-ring (bicyclic) bond motifs is 2. The first-order valence-corrected chi connectivity index (χ1v) is 11.6. The van der Waals surface area contributed by atoms with Crippen LogP contribution in [0.15, 0.2) is 46.2 Å². The van der Waals surface area contributed by atoms with Crippen LogP contribution in [0.3, 0.4) is 0 Å². The molecule has 4 rings (SSSR count). The monoisotopic (exact) mass is 416 g/mol. The van der Waals surface area contributed by atoms with Gasteiger partial charge in [-0.2, -0.15) is 0 Å². The van der Waals surface area contributed by atoms with Crippen molar-refractivity contribution < 1.29 is 0 Å². The molecule has 0 amide bonds. The predicted octanol–water partition coefficient (Wildman–Crippen LogP) is 5.91. The molecule has 2 aromatic carbocycles. The molecule has 2 aliphatic heterocycles. The molecule has 0 saturated heterocycles. The van der Waals surface area contributed by atoms with E-state index < -0.39 is 0 Å².